The standard InChI is InChI=1S/C15H12N2O3S3/c1-10(18)11-4-2-5-12(8-11)23(19,20)17-15-16-13(9-22-15)14-6-3-7-21-14/h2-9H,1H3,(H,16,17). The van der Waals surface area contributed by atoms with Crippen LogP contribution in [0.5, 0.6) is 0 Å². The maximum atomic E-state index is 12.4. The average molecular weight is 364 g/mol. The first kappa shape index (κ1) is 15.9. The molecule has 0 atom stereocenters. The molecule has 0 amide bonds. The fourth-order valence-electron chi connectivity index (χ4n) is 1.91. The van der Waals surface area contributed by atoms with E-state index in [0.29, 0.717) is 10.7 Å². The minimum Gasteiger partial charge on any atom is -0.295 e. The summed E-state index contributed by atoms with van der Waals surface area (Å²) in [5.41, 5.74) is 1.09. The molecule has 0 saturated carbocycles. The number of nitrogens with zero attached hydrogens (tertiary/aromatic N) is 1. The second-order valence-electron chi connectivity index (χ2n) is 4.70. The van der Waals surface area contributed by atoms with Gasteiger partial charge in [0.05, 0.1) is 15.5 Å². The molecule has 1 N–H and O–H groups in total. The lowest BCUT2D eigenvalue weighted by atomic mass is 10.2. The number of benzene rings is 1. The van der Waals surface area contributed by atoms with Crippen molar-refractivity contribution in [3.8, 4) is 10.6 Å². The number of Topliss-reactive ketones (excluding diaryl/α,β-unsaturated/α-hetero) is 1. The van der Waals surface area contributed by atoms with Crippen molar-refractivity contribution < 1.29 is 13.2 Å². The fraction of sp³-hybridized carbons (Fsp3) is 0.0667. The zero-order chi connectivity index (χ0) is 16.4. The van der Waals surface area contributed by atoms with E-state index in [1.165, 1.54) is 41.7 Å². The van der Waals surface area contributed by atoms with Gasteiger partial charge in [-0.2, -0.15) is 0 Å². The van der Waals surface area contributed by atoms with Crippen molar-refractivity contribution in [2.75, 3.05) is 4.72 Å². The molecule has 0 bridgehead atoms. The molecular formula is C15H12N2O3S3. The molecule has 0 unspecified atom stereocenters. The highest BCUT2D eigenvalue weighted by Gasteiger charge is 2.17. The van der Waals surface area contributed by atoms with Crippen LogP contribution in [0.15, 0.2) is 52.1 Å². The highest BCUT2D eigenvalue weighted by atomic mass is 32.2. The van der Waals surface area contributed by atoms with Crippen LogP contribution >= 0.6 is 22.7 Å². The molecule has 0 spiro atoms. The number of carbonyl (C=O) groups is 1. The smallest absolute Gasteiger partial charge is 0.263 e. The molecule has 0 saturated heterocycles. The van der Waals surface area contributed by atoms with Gasteiger partial charge < -0.3 is 0 Å². The molecule has 2 aromatic heterocycles. The second kappa shape index (κ2) is 6.23. The number of nitrogens with one attached hydrogen (secondary N) is 1. The van der Waals surface area contributed by atoms with E-state index in [1.807, 2.05) is 17.5 Å². The molecule has 0 fully saturated rings. The number of rotatable bonds is 5. The van der Waals surface area contributed by atoms with Crippen LogP contribution in [0.3, 0.4) is 0 Å². The van der Waals surface area contributed by atoms with Gasteiger partial charge in [0.1, 0.15) is 0 Å². The molecule has 23 heavy (non-hydrogen) atoms. The summed E-state index contributed by atoms with van der Waals surface area (Å²) in [6.45, 7) is 1.40. The van der Waals surface area contributed by atoms with Crippen molar-refractivity contribution >= 4 is 43.6 Å². The van der Waals surface area contributed by atoms with Gasteiger partial charge in [-0.1, -0.05) is 18.2 Å². The minimum atomic E-state index is -3.78. The van der Waals surface area contributed by atoms with E-state index < -0.39 is 10.0 Å². The molecule has 0 radical (unpaired) electrons. The molecule has 5 nitrogen and oxygen atoms in total. The molecule has 0 aliphatic heterocycles. The van der Waals surface area contributed by atoms with Crippen LogP contribution in [-0.4, -0.2) is 19.2 Å². The van der Waals surface area contributed by atoms with Gasteiger partial charge in [0, 0.05) is 10.9 Å². The van der Waals surface area contributed by atoms with Crippen LogP contribution in [0.4, 0.5) is 5.13 Å². The topological polar surface area (TPSA) is 76.1 Å². The number of ketones is 1. The Morgan fingerprint density at radius 2 is 2.00 bits per heavy atom. The monoisotopic (exact) mass is 364 g/mol. The second-order valence-corrected chi connectivity index (χ2v) is 8.19. The largest absolute Gasteiger partial charge is 0.295 e. The SMILES string of the molecule is CC(=O)c1cccc(S(=O)(=O)Nc2nc(-c3cccs3)cs2)c1. The molecule has 118 valence electrons. The third kappa shape index (κ3) is 3.49. The summed E-state index contributed by atoms with van der Waals surface area (Å²) in [4.78, 5) is 16.7. The molecule has 1 aromatic carbocycles. The van der Waals surface area contributed by atoms with Crippen molar-refractivity contribution in [1.82, 2.24) is 4.98 Å². The van der Waals surface area contributed by atoms with Gasteiger partial charge in [-0.15, -0.1) is 22.7 Å². The lowest BCUT2D eigenvalue weighted by Gasteiger charge is -2.06. The minimum absolute atomic E-state index is 0.0399. The summed E-state index contributed by atoms with van der Waals surface area (Å²) in [6.07, 6.45) is 0. The lowest BCUT2D eigenvalue weighted by Crippen LogP contribution is -2.13. The Hall–Kier alpha value is -2.03. The number of sulfonamides is 1. The van der Waals surface area contributed by atoms with Crippen LogP contribution in [0.2, 0.25) is 0 Å². The van der Waals surface area contributed by atoms with Gasteiger partial charge in [-0.25, -0.2) is 13.4 Å². The number of hydrogen-bond donors (Lipinski definition) is 1. The number of anilines is 1. The van der Waals surface area contributed by atoms with Crippen LogP contribution in [0.25, 0.3) is 10.6 Å². The molecule has 8 heteroatoms. The van der Waals surface area contributed by atoms with E-state index in [2.05, 4.69) is 9.71 Å². The molecule has 0 aliphatic carbocycles. The summed E-state index contributed by atoms with van der Waals surface area (Å²) >= 11 is 2.76. The predicted octanol–water partition coefficient (Wildman–Crippen LogP) is 3.88. The third-order valence-corrected chi connectivity index (χ3v) is 6.17. The molecule has 0 aliphatic rings. The highest BCUT2D eigenvalue weighted by Crippen LogP contribution is 2.29. The van der Waals surface area contributed by atoms with E-state index in [-0.39, 0.29) is 10.7 Å². The van der Waals surface area contributed by atoms with Crippen molar-refractivity contribution in [2.24, 2.45) is 0 Å². The Balaban J connectivity index is 1.87. The van der Waals surface area contributed by atoms with Crippen molar-refractivity contribution in [1.29, 1.82) is 0 Å². The van der Waals surface area contributed by atoms with E-state index in [1.54, 1.807) is 17.5 Å². The Labute approximate surface area is 141 Å². The highest BCUT2D eigenvalue weighted by molar-refractivity contribution is 7.93. The van der Waals surface area contributed by atoms with Gasteiger partial charge in [0.25, 0.3) is 10.0 Å². The molecule has 2 heterocycles. The Bertz CT molecular complexity index is 944. The number of thiazole rings is 1. The summed E-state index contributed by atoms with van der Waals surface area (Å²) in [6, 6.07) is 9.77. The van der Waals surface area contributed by atoms with Crippen molar-refractivity contribution in [3.05, 3.63) is 52.7 Å². The predicted molar refractivity (Wildman–Crippen MR) is 92.7 cm³/mol. The zero-order valence-corrected chi connectivity index (χ0v) is 14.5. The van der Waals surface area contributed by atoms with E-state index in [9.17, 15) is 13.2 Å². The van der Waals surface area contributed by atoms with Gasteiger partial charge >= 0.3 is 0 Å². The Kier molecular flexibility index (Phi) is 4.29. The van der Waals surface area contributed by atoms with Crippen LogP contribution < -0.4 is 4.72 Å². The number of hydrogen-bond acceptors (Lipinski definition) is 6. The van der Waals surface area contributed by atoms with Gasteiger partial charge in [-0.3, -0.25) is 9.52 Å². The summed E-state index contributed by atoms with van der Waals surface area (Å²) < 4.78 is 27.3. The quantitative estimate of drug-likeness (QED) is 0.697. The lowest BCUT2D eigenvalue weighted by molar-refractivity contribution is 0.101. The Morgan fingerprint density at radius 1 is 1.17 bits per heavy atom. The first-order chi connectivity index (χ1) is 11.0. The zero-order valence-electron chi connectivity index (χ0n) is 12.0. The average Bonchev–Trinajstić information content (AvgIpc) is 3.18. The number of thiophene rings is 1. The summed E-state index contributed by atoms with van der Waals surface area (Å²) in [5, 5.41) is 4.03. The maximum absolute atomic E-state index is 12.4. The van der Waals surface area contributed by atoms with Crippen molar-refractivity contribution in [2.45, 2.75) is 11.8 Å². The van der Waals surface area contributed by atoms with Crippen LogP contribution in [0, 0.1) is 0 Å². The molecule has 3 aromatic rings. The molecule has 3 rings (SSSR count). The van der Waals surface area contributed by atoms with Gasteiger partial charge in [0.2, 0.25) is 0 Å². The van der Waals surface area contributed by atoms with Crippen LogP contribution in [0.1, 0.15) is 17.3 Å². The third-order valence-electron chi connectivity index (χ3n) is 3.05. The number of aromatic nitrogens is 1. The normalized spacial score (nSPS) is 11.3. The first-order valence-corrected chi connectivity index (χ1v) is 9.83. The van der Waals surface area contributed by atoms with E-state index in [4.69, 9.17) is 0 Å². The maximum Gasteiger partial charge on any atom is 0.263 e. The molecular weight excluding hydrogens is 352 g/mol. The first-order valence-electron chi connectivity index (χ1n) is 6.59. The van der Waals surface area contributed by atoms with Crippen LogP contribution in [-0.2, 0) is 10.0 Å². The van der Waals surface area contributed by atoms with Gasteiger partial charge in [0.15, 0.2) is 10.9 Å². The Morgan fingerprint density at radius 3 is 2.70 bits per heavy atom. The summed E-state index contributed by atoms with van der Waals surface area (Å²) in [7, 11) is -3.78. The van der Waals surface area contributed by atoms with Gasteiger partial charge in [-0.05, 0) is 30.5 Å². The number of carbonyl (C=O) groups excluding carboxylic acids is 1. The fourth-order valence-corrected chi connectivity index (χ4v) is 4.68. The van der Waals surface area contributed by atoms with Crippen molar-refractivity contribution in [3.63, 3.8) is 0 Å². The summed E-state index contributed by atoms with van der Waals surface area (Å²) in [5.74, 6) is -0.184. The van der Waals surface area contributed by atoms with E-state index >= 15 is 0 Å². The van der Waals surface area contributed by atoms with E-state index in [0.717, 1.165) is 10.6 Å².